The van der Waals surface area contributed by atoms with Crippen molar-refractivity contribution in [3.05, 3.63) is 170 Å². The number of benzene rings is 10. The van der Waals surface area contributed by atoms with Crippen molar-refractivity contribution in [3.8, 4) is 22.3 Å². The zero-order valence-electron chi connectivity index (χ0n) is 26.6. The van der Waals surface area contributed by atoms with E-state index in [-0.39, 0.29) is 0 Å². The van der Waals surface area contributed by atoms with Gasteiger partial charge in [-0.2, -0.15) is 0 Å². The smallest absolute Gasteiger partial charge is 0.143 e. The molecular weight excluding hydrogens is 593 g/mol. The molecule has 1 nitrogen and oxygen atoms in total. The monoisotopic (exact) mass is 620 g/mol. The second-order valence-electron chi connectivity index (χ2n) is 13.2. The van der Waals surface area contributed by atoms with Crippen LogP contribution >= 0.6 is 0 Å². The molecule has 0 N–H and O–H groups in total. The standard InChI is InChI=1S/C48H28O/c1-2-12-33-29(11-1)21-22-30-27-31(23-25-34(30)33)45-38-16-6-8-18-40(38)46(41-19-9-7-17-39(41)45)32-24-26-44-43(28-32)47-37-15-5-3-13-35(37)36-14-4-10-20-42(36)48(47)49-44/h1-28H. The van der Waals surface area contributed by atoms with Crippen LogP contribution in [-0.4, -0.2) is 0 Å². The number of rotatable bonds is 2. The predicted molar refractivity (Wildman–Crippen MR) is 210 cm³/mol. The molecule has 0 aliphatic heterocycles. The molecule has 49 heavy (non-hydrogen) atoms. The van der Waals surface area contributed by atoms with Crippen LogP contribution in [0.15, 0.2) is 174 Å². The molecule has 0 unspecified atom stereocenters. The highest BCUT2D eigenvalue weighted by molar-refractivity contribution is 6.31. The molecule has 0 saturated heterocycles. The Bertz CT molecular complexity index is 3100. The molecule has 1 heteroatoms. The lowest BCUT2D eigenvalue weighted by atomic mass is 9.85. The normalized spacial score (nSPS) is 12.1. The lowest BCUT2D eigenvalue weighted by Crippen LogP contribution is -1.91. The van der Waals surface area contributed by atoms with E-state index in [1.165, 1.54) is 86.9 Å². The van der Waals surface area contributed by atoms with Crippen LogP contribution in [0.3, 0.4) is 0 Å². The SMILES string of the molecule is c1ccc2c(c1)ccc1cc(-c3c4ccccc4c(-c4ccc5oc6c7ccccc7c7ccccc7c6c5c4)c4ccccc34)ccc12. The third kappa shape index (κ3) is 3.76. The van der Waals surface area contributed by atoms with Crippen LogP contribution in [-0.2, 0) is 0 Å². The molecule has 11 rings (SSSR count). The summed E-state index contributed by atoms with van der Waals surface area (Å²) in [4.78, 5) is 0. The van der Waals surface area contributed by atoms with Crippen LogP contribution in [0.5, 0.6) is 0 Å². The molecule has 0 atom stereocenters. The Morgan fingerprint density at radius 1 is 0.286 bits per heavy atom. The quantitative estimate of drug-likeness (QED) is 0.138. The highest BCUT2D eigenvalue weighted by atomic mass is 16.3. The number of hydrogen-bond donors (Lipinski definition) is 0. The number of hydrogen-bond acceptors (Lipinski definition) is 1. The van der Waals surface area contributed by atoms with E-state index < -0.39 is 0 Å². The summed E-state index contributed by atoms with van der Waals surface area (Å²) >= 11 is 0. The van der Waals surface area contributed by atoms with Crippen molar-refractivity contribution >= 4 is 86.6 Å². The minimum Gasteiger partial charge on any atom is -0.455 e. The van der Waals surface area contributed by atoms with Crippen molar-refractivity contribution in [2.45, 2.75) is 0 Å². The molecule has 0 amide bonds. The maximum atomic E-state index is 6.68. The molecule has 0 radical (unpaired) electrons. The van der Waals surface area contributed by atoms with Gasteiger partial charge < -0.3 is 4.42 Å². The zero-order valence-corrected chi connectivity index (χ0v) is 26.6. The minimum atomic E-state index is 0.911. The van der Waals surface area contributed by atoms with Crippen LogP contribution < -0.4 is 0 Å². The van der Waals surface area contributed by atoms with Crippen LogP contribution in [0.2, 0.25) is 0 Å². The van der Waals surface area contributed by atoms with E-state index in [4.69, 9.17) is 4.42 Å². The van der Waals surface area contributed by atoms with E-state index >= 15 is 0 Å². The number of furan rings is 1. The first-order valence-electron chi connectivity index (χ1n) is 16.9. The van der Waals surface area contributed by atoms with E-state index in [0.717, 1.165) is 21.9 Å². The van der Waals surface area contributed by atoms with Gasteiger partial charge in [-0.3, -0.25) is 0 Å². The zero-order chi connectivity index (χ0) is 32.1. The Balaban J connectivity index is 1.21. The van der Waals surface area contributed by atoms with Crippen LogP contribution in [0, 0.1) is 0 Å². The molecule has 0 saturated carbocycles. The lowest BCUT2D eigenvalue weighted by Gasteiger charge is -2.18. The van der Waals surface area contributed by atoms with Gasteiger partial charge in [0.05, 0.1) is 0 Å². The summed E-state index contributed by atoms with van der Waals surface area (Å²) in [7, 11) is 0. The summed E-state index contributed by atoms with van der Waals surface area (Å²) in [5, 5.41) is 17.3. The van der Waals surface area contributed by atoms with Gasteiger partial charge in [0, 0.05) is 16.2 Å². The van der Waals surface area contributed by atoms with Gasteiger partial charge in [-0.25, -0.2) is 0 Å². The fourth-order valence-corrected chi connectivity index (χ4v) is 8.48. The van der Waals surface area contributed by atoms with Crippen LogP contribution in [0.25, 0.3) is 109 Å². The number of fused-ring (bicyclic) bond motifs is 13. The molecule has 226 valence electrons. The van der Waals surface area contributed by atoms with Gasteiger partial charge >= 0.3 is 0 Å². The molecule has 1 aromatic heterocycles. The van der Waals surface area contributed by atoms with Crippen molar-refractivity contribution < 1.29 is 4.42 Å². The highest BCUT2D eigenvalue weighted by Crippen LogP contribution is 2.47. The van der Waals surface area contributed by atoms with Crippen molar-refractivity contribution in [1.82, 2.24) is 0 Å². The average molecular weight is 621 g/mol. The summed E-state index contributed by atoms with van der Waals surface area (Å²) in [6, 6.07) is 62.1. The molecule has 11 aromatic rings. The van der Waals surface area contributed by atoms with E-state index in [9.17, 15) is 0 Å². The van der Waals surface area contributed by atoms with Gasteiger partial charge in [-0.1, -0.05) is 152 Å². The molecule has 10 aromatic carbocycles. The van der Waals surface area contributed by atoms with Crippen molar-refractivity contribution in [3.63, 3.8) is 0 Å². The third-order valence-corrected chi connectivity index (χ3v) is 10.6. The second kappa shape index (κ2) is 10.0. The molecule has 0 spiro atoms. The molecular formula is C48H28O. The fourth-order valence-electron chi connectivity index (χ4n) is 8.48. The lowest BCUT2D eigenvalue weighted by molar-refractivity contribution is 0.673. The molecule has 1 heterocycles. The van der Waals surface area contributed by atoms with E-state index in [1.807, 2.05) is 0 Å². The van der Waals surface area contributed by atoms with Gasteiger partial charge in [0.1, 0.15) is 11.2 Å². The molecule has 0 fully saturated rings. The Morgan fingerprint density at radius 3 is 1.43 bits per heavy atom. The largest absolute Gasteiger partial charge is 0.455 e. The summed E-state index contributed by atoms with van der Waals surface area (Å²) in [5.74, 6) is 0. The van der Waals surface area contributed by atoms with Crippen molar-refractivity contribution in [2.24, 2.45) is 0 Å². The third-order valence-electron chi connectivity index (χ3n) is 10.6. The summed E-state index contributed by atoms with van der Waals surface area (Å²) in [5.41, 5.74) is 6.82. The predicted octanol–water partition coefficient (Wildman–Crippen LogP) is 13.8. The van der Waals surface area contributed by atoms with Gasteiger partial charge in [0.15, 0.2) is 0 Å². The highest BCUT2D eigenvalue weighted by Gasteiger charge is 2.20. The van der Waals surface area contributed by atoms with Crippen LogP contribution in [0.1, 0.15) is 0 Å². The van der Waals surface area contributed by atoms with E-state index in [2.05, 4.69) is 170 Å². The maximum Gasteiger partial charge on any atom is 0.143 e. The Kier molecular flexibility index (Phi) is 5.45. The summed E-state index contributed by atoms with van der Waals surface area (Å²) < 4.78 is 6.68. The van der Waals surface area contributed by atoms with Crippen molar-refractivity contribution in [2.75, 3.05) is 0 Å². The van der Waals surface area contributed by atoms with Crippen molar-refractivity contribution in [1.29, 1.82) is 0 Å². The topological polar surface area (TPSA) is 13.1 Å². The molecule has 0 aliphatic rings. The van der Waals surface area contributed by atoms with Gasteiger partial charge in [0.2, 0.25) is 0 Å². The van der Waals surface area contributed by atoms with Gasteiger partial charge in [0.25, 0.3) is 0 Å². The first-order valence-corrected chi connectivity index (χ1v) is 16.9. The summed E-state index contributed by atoms with van der Waals surface area (Å²) in [6.07, 6.45) is 0. The molecule has 0 aliphatic carbocycles. The Labute approximate surface area is 282 Å². The Hall–Kier alpha value is -6.44. The van der Waals surface area contributed by atoms with E-state index in [0.29, 0.717) is 0 Å². The fraction of sp³-hybridized carbons (Fsp3) is 0. The average Bonchev–Trinajstić information content (AvgIpc) is 3.56. The summed E-state index contributed by atoms with van der Waals surface area (Å²) in [6.45, 7) is 0. The molecule has 0 bridgehead atoms. The van der Waals surface area contributed by atoms with Gasteiger partial charge in [-0.15, -0.1) is 0 Å². The first-order chi connectivity index (χ1) is 24.3. The van der Waals surface area contributed by atoms with Crippen LogP contribution in [0.4, 0.5) is 0 Å². The first kappa shape index (κ1) is 26.6. The second-order valence-corrected chi connectivity index (χ2v) is 13.2. The van der Waals surface area contributed by atoms with Gasteiger partial charge in [-0.05, 0) is 99.7 Å². The van der Waals surface area contributed by atoms with E-state index in [1.54, 1.807) is 0 Å². The maximum absolute atomic E-state index is 6.68. The Morgan fingerprint density at radius 2 is 0.755 bits per heavy atom. The minimum absolute atomic E-state index is 0.911.